The fourth-order valence-corrected chi connectivity index (χ4v) is 3.82. The van der Waals surface area contributed by atoms with Crippen molar-refractivity contribution in [1.29, 1.82) is 0 Å². The second-order valence-corrected chi connectivity index (χ2v) is 7.70. The van der Waals surface area contributed by atoms with Crippen LogP contribution in [0.3, 0.4) is 0 Å². The summed E-state index contributed by atoms with van der Waals surface area (Å²) in [6.07, 6.45) is 2.60. The quantitative estimate of drug-likeness (QED) is 0.387. The lowest BCUT2D eigenvalue weighted by Gasteiger charge is -2.12. The molecule has 0 aliphatic rings. The molecule has 0 bridgehead atoms. The fraction of sp³-hybridized carbons (Fsp3) is 0.250. The fourth-order valence-electron chi connectivity index (χ4n) is 3.82. The normalized spacial score (nSPS) is 11.2. The van der Waals surface area contributed by atoms with Crippen LogP contribution in [0, 0.1) is 19.7 Å². The SMILES string of the molecule is CNCCCNc1ccc(F)c(-c2cnn3c(N)c(-c4cccc(C)c4)c(C)nc23)c1. The zero-order valence-corrected chi connectivity index (χ0v) is 18.0. The number of hydrogen-bond acceptors (Lipinski definition) is 5. The molecule has 2 aromatic heterocycles. The van der Waals surface area contributed by atoms with Gasteiger partial charge >= 0.3 is 0 Å². The Kier molecular flexibility index (Phi) is 5.86. The number of anilines is 2. The van der Waals surface area contributed by atoms with Crippen molar-refractivity contribution in [2.24, 2.45) is 0 Å². The molecule has 160 valence electrons. The van der Waals surface area contributed by atoms with E-state index in [2.05, 4.69) is 21.8 Å². The van der Waals surface area contributed by atoms with Gasteiger partial charge in [0.05, 0.1) is 11.9 Å². The van der Waals surface area contributed by atoms with Crippen LogP contribution >= 0.6 is 0 Å². The summed E-state index contributed by atoms with van der Waals surface area (Å²) in [6, 6.07) is 13.1. The highest BCUT2D eigenvalue weighted by Crippen LogP contribution is 2.34. The molecule has 0 amide bonds. The van der Waals surface area contributed by atoms with Crippen LogP contribution in [-0.2, 0) is 0 Å². The van der Waals surface area contributed by atoms with E-state index in [0.717, 1.165) is 47.6 Å². The highest BCUT2D eigenvalue weighted by atomic mass is 19.1. The number of aromatic nitrogens is 3. The predicted octanol–water partition coefficient (Wildman–Crippen LogP) is 4.42. The molecule has 0 atom stereocenters. The molecular weight excluding hydrogens is 391 g/mol. The third kappa shape index (κ3) is 4.09. The van der Waals surface area contributed by atoms with E-state index in [4.69, 9.17) is 10.7 Å². The van der Waals surface area contributed by atoms with Crippen LogP contribution in [0.4, 0.5) is 15.9 Å². The summed E-state index contributed by atoms with van der Waals surface area (Å²) in [7, 11) is 1.92. The Bertz CT molecular complexity index is 1230. The third-order valence-corrected chi connectivity index (χ3v) is 5.36. The summed E-state index contributed by atoms with van der Waals surface area (Å²) in [5.41, 5.74) is 12.7. The van der Waals surface area contributed by atoms with E-state index in [9.17, 15) is 4.39 Å². The summed E-state index contributed by atoms with van der Waals surface area (Å²) in [4.78, 5) is 4.76. The Morgan fingerprint density at radius 2 is 1.90 bits per heavy atom. The minimum atomic E-state index is -0.323. The average Bonchev–Trinajstić information content (AvgIpc) is 3.16. The summed E-state index contributed by atoms with van der Waals surface area (Å²) in [5, 5.41) is 10.9. The molecule has 4 aromatic rings. The van der Waals surface area contributed by atoms with Gasteiger partial charge in [0, 0.05) is 28.9 Å². The second kappa shape index (κ2) is 8.73. The van der Waals surface area contributed by atoms with Crippen molar-refractivity contribution in [1.82, 2.24) is 19.9 Å². The van der Waals surface area contributed by atoms with Gasteiger partial charge in [-0.15, -0.1) is 0 Å². The zero-order valence-electron chi connectivity index (χ0n) is 18.0. The van der Waals surface area contributed by atoms with Gasteiger partial charge in [-0.25, -0.2) is 9.37 Å². The van der Waals surface area contributed by atoms with E-state index in [0.29, 0.717) is 22.6 Å². The van der Waals surface area contributed by atoms with Gasteiger partial charge < -0.3 is 16.4 Å². The summed E-state index contributed by atoms with van der Waals surface area (Å²) < 4.78 is 16.3. The van der Waals surface area contributed by atoms with Crippen molar-refractivity contribution in [2.75, 3.05) is 31.2 Å². The van der Waals surface area contributed by atoms with Gasteiger partial charge in [0.1, 0.15) is 11.6 Å². The number of nitrogens with zero attached hydrogens (tertiary/aromatic N) is 3. The molecule has 0 aliphatic carbocycles. The van der Waals surface area contributed by atoms with Gasteiger partial charge in [-0.2, -0.15) is 9.61 Å². The standard InChI is InChI=1S/C24H27FN6/c1-15-6-4-7-17(12-15)22-16(2)30-24-20(14-29-31(24)23(22)26)19-13-18(8-9-21(19)25)28-11-5-10-27-3/h4,6-9,12-14,27-28H,5,10-11,26H2,1-3H3. The lowest BCUT2D eigenvalue weighted by molar-refractivity contribution is 0.631. The van der Waals surface area contributed by atoms with Crippen molar-refractivity contribution in [3.05, 3.63) is 65.7 Å². The van der Waals surface area contributed by atoms with Crippen LogP contribution in [0.2, 0.25) is 0 Å². The molecule has 0 saturated heterocycles. The zero-order chi connectivity index (χ0) is 22.0. The van der Waals surface area contributed by atoms with Crippen molar-refractivity contribution >= 4 is 17.2 Å². The molecule has 0 unspecified atom stereocenters. The smallest absolute Gasteiger partial charge is 0.165 e. The van der Waals surface area contributed by atoms with Crippen molar-refractivity contribution < 1.29 is 4.39 Å². The van der Waals surface area contributed by atoms with Gasteiger partial charge in [-0.3, -0.25) is 0 Å². The Labute approximate surface area is 181 Å². The number of nitrogens with one attached hydrogen (secondary N) is 2. The van der Waals surface area contributed by atoms with Crippen LogP contribution < -0.4 is 16.4 Å². The van der Waals surface area contributed by atoms with Crippen LogP contribution in [0.25, 0.3) is 27.9 Å². The highest BCUT2D eigenvalue weighted by molar-refractivity contribution is 5.84. The molecule has 0 fully saturated rings. The lowest BCUT2D eigenvalue weighted by Crippen LogP contribution is -2.12. The molecule has 6 nitrogen and oxygen atoms in total. The van der Waals surface area contributed by atoms with E-state index >= 15 is 0 Å². The van der Waals surface area contributed by atoms with E-state index in [1.807, 2.05) is 39.1 Å². The second-order valence-electron chi connectivity index (χ2n) is 7.70. The summed E-state index contributed by atoms with van der Waals surface area (Å²) >= 11 is 0. The Balaban J connectivity index is 1.77. The molecular formula is C24H27FN6. The van der Waals surface area contributed by atoms with E-state index in [1.54, 1.807) is 22.8 Å². The van der Waals surface area contributed by atoms with Crippen molar-refractivity contribution in [3.8, 4) is 22.3 Å². The van der Waals surface area contributed by atoms with Crippen LogP contribution in [0.15, 0.2) is 48.7 Å². The predicted molar refractivity (Wildman–Crippen MR) is 125 cm³/mol. The molecule has 31 heavy (non-hydrogen) atoms. The molecule has 0 spiro atoms. The number of fused-ring (bicyclic) bond motifs is 1. The van der Waals surface area contributed by atoms with Crippen molar-refractivity contribution in [3.63, 3.8) is 0 Å². The number of nitrogen functional groups attached to an aromatic ring is 1. The Morgan fingerprint density at radius 3 is 2.68 bits per heavy atom. The largest absolute Gasteiger partial charge is 0.385 e. The van der Waals surface area contributed by atoms with Crippen molar-refractivity contribution in [2.45, 2.75) is 20.3 Å². The van der Waals surface area contributed by atoms with Crippen LogP contribution in [-0.4, -0.2) is 34.7 Å². The number of halogens is 1. The van der Waals surface area contributed by atoms with Gasteiger partial charge in [0.2, 0.25) is 0 Å². The molecule has 0 saturated carbocycles. The van der Waals surface area contributed by atoms with E-state index < -0.39 is 0 Å². The first-order chi connectivity index (χ1) is 15.0. The maximum atomic E-state index is 14.8. The van der Waals surface area contributed by atoms with Gasteiger partial charge in [-0.05, 0) is 57.6 Å². The van der Waals surface area contributed by atoms with Crippen LogP contribution in [0.1, 0.15) is 17.7 Å². The van der Waals surface area contributed by atoms with Crippen LogP contribution in [0.5, 0.6) is 0 Å². The maximum Gasteiger partial charge on any atom is 0.165 e. The Morgan fingerprint density at radius 1 is 1.06 bits per heavy atom. The molecule has 4 N–H and O–H groups in total. The molecule has 0 radical (unpaired) electrons. The first-order valence-corrected chi connectivity index (χ1v) is 10.4. The van der Waals surface area contributed by atoms with Gasteiger partial charge in [0.25, 0.3) is 0 Å². The number of rotatable bonds is 7. The van der Waals surface area contributed by atoms with Gasteiger partial charge in [0.15, 0.2) is 5.65 Å². The van der Waals surface area contributed by atoms with E-state index in [-0.39, 0.29) is 5.82 Å². The summed E-state index contributed by atoms with van der Waals surface area (Å²) in [6.45, 7) is 5.67. The monoisotopic (exact) mass is 418 g/mol. The molecule has 4 rings (SSSR count). The maximum absolute atomic E-state index is 14.8. The average molecular weight is 419 g/mol. The first-order valence-electron chi connectivity index (χ1n) is 10.4. The Hall–Kier alpha value is -3.45. The first kappa shape index (κ1) is 20.8. The third-order valence-electron chi connectivity index (χ3n) is 5.36. The molecule has 7 heteroatoms. The molecule has 0 aliphatic heterocycles. The number of hydrogen-bond donors (Lipinski definition) is 3. The lowest BCUT2D eigenvalue weighted by atomic mass is 10.0. The molecule has 2 aromatic carbocycles. The molecule has 2 heterocycles. The summed E-state index contributed by atoms with van der Waals surface area (Å²) in [5.74, 6) is 0.164. The minimum absolute atomic E-state index is 0.323. The number of benzene rings is 2. The number of nitrogens with two attached hydrogens (primary N) is 1. The topological polar surface area (TPSA) is 80.3 Å². The number of aryl methyl sites for hydroxylation is 2. The van der Waals surface area contributed by atoms with E-state index in [1.165, 1.54) is 6.07 Å². The minimum Gasteiger partial charge on any atom is -0.385 e. The highest BCUT2D eigenvalue weighted by Gasteiger charge is 2.19. The van der Waals surface area contributed by atoms with Gasteiger partial charge in [-0.1, -0.05) is 29.8 Å².